The topological polar surface area (TPSA) is 26.0 Å². The maximum atomic E-state index is 5.31. The van der Waals surface area contributed by atoms with E-state index in [9.17, 15) is 0 Å². The molecule has 9 heavy (non-hydrogen) atoms. The molecule has 0 unspecified atom stereocenters. The molecule has 0 fully saturated rings. The van der Waals surface area contributed by atoms with Crippen molar-refractivity contribution in [2.75, 3.05) is 6.54 Å². The lowest BCUT2D eigenvalue weighted by Gasteiger charge is -1.92. The Morgan fingerprint density at radius 2 is 2.11 bits per heavy atom. The van der Waals surface area contributed by atoms with E-state index in [2.05, 4.69) is 26.0 Å². The van der Waals surface area contributed by atoms with E-state index in [1.54, 1.807) is 0 Å². The Kier molecular flexibility index (Phi) is 5.64. The second-order valence-electron chi connectivity index (χ2n) is 2.60. The van der Waals surface area contributed by atoms with E-state index in [4.69, 9.17) is 5.73 Å². The van der Waals surface area contributed by atoms with Gasteiger partial charge < -0.3 is 5.73 Å². The van der Waals surface area contributed by atoms with Crippen LogP contribution >= 0.6 is 0 Å². The van der Waals surface area contributed by atoms with Crippen molar-refractivity contribution in [3.05, 3.63) is 12.2 Å². The summed E-state index contributed by atoms with van der Waals surface area (Å²) >= 11 is 0. The summed E-state index contributed by atoms with van der Waals surface area (Å²) in [4.78, 5) is 0. The number of hydrogen-bond acceptors (Lipinski definition) is 1. The molecule has 2 N–H and O–H groups in total. The minimum Gasteiger partial charge on any atom is -0.330 e. The lowest BCUT2D eigenvalue weighted by Crippen LogP contribution is -1.96. The zero-order valence-electron chi connectivity index (χ0n) is 6.43. The third-order valence-electron chi connectivity index (χ3n) is 1.10. The van der Waals surface area contributed by atoms with Gasteiger partial charge in [-0.2, -0.15) is 0 Å². The average molecular weight is 127 g/mol. The van der Waals surface area contributed by atoms with Gasteiger partial charge in [0.2, 0.25) is 0 Å². The Hall–Kier alpha value is -0.300. The van der Waals surface area contributed by atoms with E-state index < -0.39 is 0 Å². The van der Waals surface area contributed by atoms with Crippen LogP contribution in [-0.4, -0.2) is 6.54 Å². The molecule has 1 heteroatoms. The SMILES string of the molecule is CC(C)/C=C/CCCN. The molecular weight excluding hydrogens is 110 g/mol. The molecule has 0 spiro atoms. The zero-order valence-corrected chi connectivity index (χ0v) is 6.43. The summed E-state index contributed by atoms with van der Waals surface area (Å²) in [5, 5.41) is 0. The van der Waals surface area contributed by atoms with Crippen LogP contribution in [-0.2, 0) is 0 Å². The predicted octanol–water partition coefficient (Wildman–Crippen LogP) is 1.94. The Balaban J connectivity index is 3.04. The monoisotopic (exact) mass is 127 g/mol. The van der Waals surface area contributed by atoms with Gasteiger partial charge in [-0.1, -0.05) is 26.0 Å². The second-order valence-corrected chi connectivity index (χ2v) is 2.60. The molecule has 0 saturated carbocycles. The molecule has 0 aromatic rings. The molecule has 0 aliphatic carbocycles. The molecule has 0 amide bonds. The van der Waals surface area contributed by atoms with Gasteiger partial charge in [0.05, 0.1) is 0 Å². The van der Waals surface area contributed by atoms with Gasteiger partial charge in [0.15, 0.2) is 0 Å². The van der Waals surface area contributed by atoms with Crippen LogP contribution < -0.4 is 5.73 Å². The minimum atomic E-state index is 0.683. The van der Waals surface area contributed by atoms with Crippen molar-refractivity contribution < 1.29 is 0 Å². The normalized spacial score (nSPS) is 11.6. The fraction of sp³-hybridized carbons (Fsp3) is 0.750. The van der Waals surface area contributed by atoms with Crippen molar-refractivity contribution >= 4 is 0 Å². The maximum Gasteiger partial charge on any atom is -0.00743 e. The van der Waals surface area contributed by atoms with Crippen molar-refractivity contribution in [2.45, 2.75) is 26.7 Å². The molecular formula is C8H17N. The number of nitrogens with two attached hydrogens (primary N) is 1. The Morgan fingerprint density at radius 1 is 1.44 bits per heavy atom. The smallest absolute Gasteiger partial charge is 0.00743 e. The van der Waals surface area contributed by atoms with Crippen LogP contribution in [0.4, 0.5) is 0 Å². The van der Waals surface area contributed by atoms with Crippen LogP contribution in [0.3, 0.4) is 0 Å². The Bertz CT molecular complexity index is 74.6. The summed E-state index contributed by atoms with van der Waals surface area (Å²) in [6, 6.07) is 0. The van der Waals surface area contributed by atoms with Crippen LogP contribution in [0.15, 0.2) is 12.2 Å². The summed E-state index contributed by atoms with van der Waals surface area (Å²) in [6.45, 7) is 5.17. The number of allylic oxidation sites excluding steroid dienone is 2. The molecule has 0 heterocycles. The van der Waals surface area contributed by atoms with Crippen LogP contribution in [0.5, 0.6) is 0 Å². The lowest BCUT2D eigenvalue weighted by molar-refractivity contribution is 0.806. The molecule has 0 aliphatic heterocycles. The summed E-state index contributed by atoms with van der Waals surface area (Å²) in [6.07, 6.45) is 6.67. The van der Waals surface area contributed by atoms with Gasteiger partial charge in [-0.3, -0.25) is 0 Å². The fourth-order valence-electron chi connectivity index (χ4n) is 0.604. The van der Waals surface area contributed by atoms with Crippen molar-refractivity contribution in [1.29, 1.82) is 0 Å². The quantitative estimate of drug-likeness (QED) is 0.453. The highest BCUT2D eigenvalue weighted by molar-refractivity contribution is 4.83. The van der Waals surface area contributed by atoms with E-state index in [1.807, 2.05) is 0 Å². The van der Waals surface area contributed by atoms with Crippen LogP contribution in [0.1, 0.15) is 26.7 Å². The highest BCUT2D eigenvalue weighted by atomic mass is 14.5. The third kappa shape index (κ3) is 7.70. The fourth-order valence-corrected chi connectivity index (χ4v) is 0.604. The van der Waals surface area contributed by atoms with E-state index >= 15 is 0 Å². The molecule has 0 bridgehead atoms. The van der Waals surface area contributed by atoms with Crippen LogP contribution in [0, 0.1) is 5.92 Å². The second kappa shape index (κ2) is 5.83. The molecule has 0 rings (SSSR count). The van der Waals surface area contributed by atoms with E-state index in [0.717, 1.165) is 19.4 Å². The van der Waals surface area contributed by atoms with Gasteiger partial charge in [-0.05, 0) is 25.3 Å². The molecule has 0 aromatic heterocycles. The summed E-state index contributed by atoms with van der Waals surface area (Å²) in [7, 11) is 0. The van der Waals surface area contributed by atoms with Gasteiger partial charge in [-0.25, -0.2) is 0 Å². The largest absolute Gasteiger partial charge is 0.330 e. The van der Waals surface area contributed by atoms with Crippen LogP contribution in [0.25, 0.3) is 0 Å². The highest BCUT2D eigenvalue weighted by Gasteiger charge is 1.82. The third-order valence-corrected chi connectivity index (χ3v) is 1.10. The lowest BCUT2D eigenvalue weighted by atomic mass is 10.2. The summed E-state index contributed by atoms with van der Waals surface area (Å²) in [5.41, 5.74) is 5.31. The molecule has 54 valence electrons. The number of hydrogen-bond donors (Lipinski definition) is 1. The molecule has 0 aromatic carbocycles. The number of unbranched alkanes of at least 4 members (excludes halogenated alkanes) is 1. The van der Waals surface area contributed by atoms with Gasteiger partial charge >= 0.3 is 0 Å². The molecule has 0 atom stereocenters. The maximum absolute atomic E-state index is 5.31. The highest BCUT2D eigenvalue weighted by Crippen LogP contribution is 1.96. The van der Waals surface area contributed by atoms with Gasteiger partial charge in [0.25, 0.3) is 0 Å². The minimum absolute atomic E-state index is 0.683. The van der Waals surface area contributed by atoms with Crippen LogP contribution in [0.2, 0.25) is 0 Å². The van der Waals surface area contributed by atoms with Crippen molar-refractivity contribution in [3.63, 3.8) is 0 Å². The van der Waals surface area contributed by atoms with Crippen molar-refractivity contribution in [1.82, 2.24) is 0 Å². The van der Waals surface area contributed by atoms with Crippen molar-refractivity contribution in [2.24, 2.45) is 11.7 Å². The van der Waals surface area contributed by atoms with Crippen molar-refractivity contribution in [3.8, 4) is 0 Å². The van der Waals surface area contributed by atoms with Gasteiger partial charge in [0.1, 0.15) is 0 Å². The van der Waals surface area contributed by atoms with E-state index in [1.165, 1.54) is 0 Å². The van der Waals surface area contributed by atoms with E-state index in [-0.39, 0.29) is 0 Å². The standard InChI is InChI=1S/C8H17N/c1-8(2)6-4-3-5-7-9/h4,6,8H,3,5,7,9H2,1-2H3/b6-4+. The predicted molar refractivity (Wildman–Crippen MR) is 42.3 cm³/mol. The average Bonchev–Trinajstić information content (AvgIpc) is 1.80. The first-order chi connectivity index (χ1) is 4.27. The first kappa shape index (κ1) is 8.70. The summed E-state index contributed by atoms with van der Waals surface area (Å²) < 4.78 is 0. The van der Waals surface area contributed by atoms with E-state index in [0.29, 0.717) is 5.92 Å². The Morgan fingerprint density at radius 3 is 2.56 bits per heavy atom. The Labute approximate surface area is 57.9 Å². The molecule has 0 aliphatic rings. The zero-order chi connectivity index (χ0) is 7.11. The molecule has 1 nitrogen and oxygen atoms in total. The molecule has 0 radical (unpaired) electrons. The first-order valence-corrected chi connectivity index (χ1v) is 3.64. The summed E-state index contributed by atoms with van der Waals surface area (Å²) in [5.74, 6) is 0.683. The first-order valence-electron chi connectivity index (χ1n) is 3.64. The number of rotatable bonds is 4. The van der Waals surface area contributed by atoms with Gasteiger partial charge in [-0.15, -0.1) is 0 Å². The molecule has 0 saturated heterocycles. The van der Waals surface area contributed by atoms with Gasteiger partial charge in [0, 0.05) is 0 Å².